The Labute approximate surface area is 414 Å². The molecule has 0 radical (unpaired) electrons. The zero-order valence-corrected chi connectivity index (χ0v) is 40.6. The van der Waals surface area contributed by atoms with E-state index in [9.17, 15) is 28.0 Å². The van der Waals surface area contributed by atoms with Gasteiger partial charge in [-0.25, -0.2) is 18.8 Å². The Morgan fingerprint density at radius 3 is 1.73 bits per heavy atom. The standard InChI is InChI=1S/C25H28FN5O2.C24H27FN6O2.ClHN4/c1-3-27-24(32)17-10-13-31(14-11-17)23-19(26)5-4-6-21(23)30-25(33)22-8-7-20(29-22)18-9-12-28-16(2)15-18;1-3-26-23(32)16-8-11-31(12-9-16)21-18(25)5-4-6-19(21)30-24(33)22-28-14-20(29-22)17-7-10-27-15(2)13-17;1-3-5-4-2/h4-7,9,12,15,17H,3,8,10-11,13-14H2,1-2H3,(H,27,32)(H,30,33);4-7,10,13-14,16H,3,8-9,11-12H2,1-2H3,(H,26,32)(H,28,29)(H,30,33);2H. The Morgan fingerprint density at radius 2 is 1.25 bits per heavy atom. The topological polar surface area (TPSA) is 251 Å². The number of piperidine rings is 2. The zero-order valence-electron chi connectivity index (χ0n) is 39.8. The second kappa shape index (κ2) is 25.7. The number of carbonyl (C=O) groups excluding carboxylic acids is 4. The number of pyridine rings is 2. The van der Waals surface area contributed by atoms with Crippen molar-refractivity contribution in [2.75, 3.05) is 59.7 Å². The van der Waals surface area contributed by atoms with Crippen molar-refractivity contribution in [3.8, 4) is 11.3 Å². The molecule has 6 N–H and O–H groups in total. The van der Waals surface area contributed by atoms with Crippen LogP contribution in [0.5, 0.6) is 0 Å². The lowest BCUT2D eigenvalue weighted by molar-refractivity contribution is -0.126. The Hall–Kier alpha value is -7.81. The first-order valence-electron chi connectivity index (χ1n) is 23.1. The van der Waals surface area contributed by atoms with E-state index in [2.05, 4.69) is 73.1 Å². The van der Waals surface area contributed by atoms with Crippen molar-refractivity contribution in [1.82, 2.24) is 30.6 Å². The molecule has 0 atom stereocenters. The second-order valence-corrected chi connectivity index (χ2v) is 16.8. The number of carbonyl (C=O) groups is 4. The molecule has 372 valence electrons. The Morgan fingerprint density at radius 1 is 0.746 bits per heavy atom. The normalized spacial score (nSPS) is 14.8. The number of rotatable bonds is 13. The average Bonchev–Trinajstić information content (AvgIpc) is 4.08. The largest absolute Gasteiger partial charge is 0.367 e. The van der Waals surface area contributed by atoms with Crippen molar-refractivity contribution in [2.24, 2.45) is 31.9 Å². The van der Waals surface area contributed by atoms with Crippen LogP contribution in [0.25, 0.3) is 17.0 Å². The number of halogens is 3. The summed E-state index contributed by atoms with van der Waals surface area (Å²) in [6, 6.07) is 16.8. The minimum Gasteiger partial charge on any atom is -0.367 e. The summed E-state index contributed by atoms with van der Waals surface area (Å²) in [5.74, 6) is -1.56. The van der Waals surface area contributed by atoms with Gasteiger partial charge >= 0.3 is 0 Å². The van der Waals surface area contributed by atoms with Gasteiger partial charge in [-0.1, -0.05) is 22.8 Å². The van der Waals surface area contributed by atoms with E-state index in [1.54, 1.807) is 42.9 Å². The molecule has 0 bridgehead atoms. The molecule has 4 amide bonds. The lowest BCUT2D eigenvalue weighted by Gasteiger charge is -2.34. The average molecular weight is 993 g/mol. The molecule has 3 aliphatic rings. The highest BCUT2D eigenvalue weighted by Crippen LogP contribution is 2.35. The first-order chi connectivity index (χ1) is 34.3. The number of para-hydroxylation sites is 2. The highest BCUT2D eigenvalue weighted by molar-refractivity contribution is 6.45. The van der Waals surface area contributed by atoms with Crippen molar-refractivity contribution >= 4 is 69.6 Å². The summed E-state index contributed by atoms with van der Waals surface area (Å²) in [6.45, 7) is 10.9. The van der Waals surface area contributed by atoms with Crippen LogP contribution in [0.1, 0.15) is 73.5 Å². The molecule has 3 aromatic heterocycles. The van der Waals surface area contributed by atoms with Gasteiger partial charge in [-0.3, -0.25) is 29.1 Å². The van der Waals surface area contributed by atoms with E-state index < -0.39 is 17.5 Å². The molecule has 8 rings (SSSR count). The van der Waals surface area contributed by atoms with Gasteiger partial charge in [0.05, 0.1) is 52.1 Å². The summed E-state index contributed by atoms with van der Waals surface area (Å²) in [4.78, 5) is 73.9. The number of aromatic nitrogens is 4. The summed E-state index contributed by atoms with van der Waals surface area (Å²) in [5.41, 5.74) is 12.7. The number of benzene rings is 2. The minimum atomic E-state index is -0.462. The molecular weight excluding hydrogens is 936 g/mol. The molecule has 2 saturated heterocycles. The molecule has 0 unspecified atom stereocenters. The van der Waals surface area contributed by atoms with Crippen LogP contribution in [0.2, 0.25) is 0 Å². The maximum Gasteiger partial charge on any atom is 0.291 e. The molecular formula is C49H56ClF2N15O4. The van der Waals surface area contributed by atoms with Crippen LogP contribution in [0, 0.1) is 42.8 Å². The third-order valence-corrected chi connectivity index (χ3v) is 11.9. The molecule has 0 saturated carbocycles. The van der Waals surface area contributed by atoms with Crippen LogP contribution >= 0.6 is 11.8 Å². The quantitative estimate of drug-likeness (QED) is 0.0486. The highest BCUT2D eigenvalue weighted by atomic mass is 35.5. The molecule has 19 nitrogen and oxygen atoms in total. The smallest absolute Gasteiger partial charge is 0.291 e. The van der Waals surface area contributed by atoms with E-state index in [-0.39, 0.29) is 35.4 Å². The number of aromatic amines is 1. The summed E-state index contributed by atoms with van der Waals surface area (Å²) < 4.78 is 32.3. The monoisotopic (exact) mass is 991 g/mol. The van der Waals surface area contributed by atoms with E-state index in [4.69, 9.17) is 5.53 Å². The van der Waals surface area contributed by atoms with E-state index in [0.717, 1.165) is 28.2 Å². The zero-order chi connectivity index (χ0) is 50.9. The van der Waals surface area contributed by atoms with Gasteiger partial charge in [0, 0.05) is 92.4 Å². The predicted molar refractivity (Wildman–Crippen MR) is 268 cm³/mol. The Kier molecular flexibility index (Phi) is 19.0. The lowest BCUT2D eigenvalue weighted by Crippen LogP contribution is -2.41. The van der Waals surface area contributed by atoms with Crippen molar-refractivity contribution in [1.29, 1.82) is 5.53 Å². The molecule has 2 aromatic carbocycles. The van der Waals surface area contributed by atoms with Crippen LogP contribution in [0.4, 0.5) is 31.5 Å². The number of H-pyrrole nitrogens is 1. The maximum absolute atomic E-state index is 14.8. The number of nitrogens with one attached hydrogen (secondary N) is 6. The number of aliphatic imine (C=N–C) groups is 1. The van der Waals surface area contributed by atoms with Crippen LogP contribution in [0.15, 0.2) is 105 Å². The van der Waals surface area contributed by atoms with Crippen LogP contribution in [-0.4, -0.2) is 88.5 Å². The molecule has 3 aliphatic heterocycles. The van der Waals surface area contributed by atoms with Gasteiger partial charge in [-0.05, 0) is 112 Å². The number of amides is 4. The number of hydrogen-bond donors (Lipinski definition) is 6. The fourth-order valence-corrected chi connectivity index (χ4v) is 8.43. The fourth-order valence-electron chi connectivity index (χ4n) is 8.39. The Bertz CT molecular complexity index is 2790. The first kappa shape index (κ1) is 52.6. The number of imidazole rings is 1. The van der Waals surface area contributed by atoms with Crippen LogP contribution in [-0.2, 0) is 14.4 Å². The summed E-state index contributed by atoms with van der Waals surface area (Å²) in [6.07, 6.45) is 9.83. The van der Waals surface area contributed by atoms with Gasteiger partial charge in [-0.15, -0.1) is 0 Å². The summed E-state index contributed by atoms with van der Waals surface area (Å²) in [5, 5.41) is 16.4. The lowest BCUT2D eigenvalue weighted by atomic mass is 9.95. The van der Waals surface area contributed by atoms with E-state index in [0.29, 0.717) is 106 Å². The maximum atomic E-state index is 14.8. The van der Waals surface area contributed by atoms with E-state index in [1.807, 2.05) is 67.8 Å². The first-order valence-corrected chi connectivity index (χ1v) is 23.5. The van der Waals surface area contributed by atoms with Crippen molar-refractivity contribution in [3.63, 3.8) is 0 Å². The highest BCUT2D eigenvalue weighted by Gasteiger charge is 2.30. The number of anilines is 4. The van der Waals surface area contributed by atoms with Crippen molar-refractivity contribution < 1.29 is 28.0 Å². The Balaban J connectivity index is 0.000000212. The molecule has 6 heterocycles. The van der Waals surface area contributed by atoms with Crippen molar-refractivity contribution in [2.45, 2.75) is 59.8 Å². The molecule has 71 heavy (non-hydrogen) atoms. The predicted octanol–water partition coefficient (Wildman–Crippen LogP) is 8.77. The van der Waals surface area contributed by atoms with Crippen LogP contribution < -0.4 is 31.1 Å². The number of allylic oxidation sites excluding steroid dienone is 1. The molecule has 2 fully saturated rings. The van der Waals surface area contributed by atoms with Gasteiger partial charge in [0.2, 0.25) is 11.8 Å². The number of aryl methyl sites for hydroxylation is 2. The molecule has 5 aromatic rings. The third kappa shape index (κ3) is 14.1. The van der Waals surface area contributed by atoms with Gasteiger partial charge in [0.15, 0.2) is 5.82 Å². The molecule has 0 spiro atoms. The SMILES string of the molecule is CCNC(=O)C1CCN(c2c(F)cccc2NC(=O)C2=NC(c3ccnc(C)c3)=CC2)CC1.CCNC(=O)C1CCN(c2c(F)cccc2NC(=O)c2ncc(-c3ccnc(C)c3)[nH]2)CC1.N=NN=NCl. The molecule has 22 heteroatoms. The van der Waals surface area contributed by atoms with Gasteiger partial charge in [-0.2, -0.15) is 5.53 Å². The van der Waals surface area contributed by atoms with Gasteiger partial charge in [0.25, 0.3) is 11.8 Å². The second-order valence-electron chi connectivity index (χ2n) is 16.6. The van der Waals surface area contributed by atoms with Gasteiger partial charge < -0.3 is 36.1 Å². The van der Waals surface area contributed by atoms with Crippen molar-refractivity contribution in [3.05, 3.63) is 120 Å². The van der Waals surface area contributed by atoms with Crippen LogP contribution in [0.3, 0.4) is 0 Å². The number of nitrogens with zero attached hydrogens (tertiary/aromatic N) is 9. The summed E-state index contributed by atoms with van der Waals surface area (Å²) >= 11 is 4.55. The molecule has 0 aliphatic carbocycles. The van der Waals surface area contributed by atoms with E-state index >= 15 is 0 Å². The fraction of sp³-hybridized carbons (Fsp3) is 0.347. The van der Waals surface area contributed by atoms with E-state index in [1.165, 1.54) is 12.1 Å². The summed E-state index contributed by atoms with van der Waals surface area (Å²) in [7, 11) is 0. The number of hydrogen-bond acceptors (Lipinski definition) is 12. The minimum absolute atomic E-state index is 0.0391. The van der Waals surface area contributed by atoms with Gasteiger partial charge in [0.1, 0.15) is 17.3 Å². The third-order valence-electron chi connectivity index (χ3n) is 11.8.